The molecule has 2 atom stereocenters. The Morgan fingerprint density at radius 2 is 2.25 bits per heavy atom. The van der Waals surface area contributed by atoms with Crippen molar-refractivity contribution in [1.29, 1.82) is 0 Å². The van der Waals surface area contributed by atoms with E-state index in [2.05, 4.69) is 5.10 Å². The molecule has 112 valence electrons. The number of nitrogens with zero attached hydrogens (tertiary/aromatic N) is 2. The molecular formula is C13H18F2N2O3. The van der Waals surface area contributed by atoms with Crippen molar-refractivity contribution in [3.63, 3.8) is 0 Å². The first-order valence-corrected chi connectivity index (χ1v) is 6.77. The first kappa shape index (κ1) is 14.9. The third kappa shape index (κ3) is 2.82. The van der Waals surface area contributed by atoms with E-state index in [1.807, 2.05) is 0 Å². The lowest BCUT2D eigenvalue weighted by Crippen LogP contribution is -2.30. The summed E-state index contributed by atoms with van der Waals surface area (Å²) in [6.07, 6.45) is 0.391. The van der Waals surface area contributed by atoms with E-state index in [0.717, 1.165) is 23.7 Å². The van der Waals surface area contributed by atoms with Crippen LogP contribution in [-0.4, -0.2) is 33.6 Å². The van der Waals surface area contributed by atoms with Gasteiger partial charge in [0.05, 0.1) is 24.9 Å². The molecule has 1 aliphatic carbocycles. The van der Waals surface area contributed by atoms with Gasteiger partial charge in [-0.25, -0.2) is 13.6 Å². The summed E-state index contributed by atoms with van der Waals surface area (Å²) >= 11 is 0. The van der Waals surface area contributed by atoms with Crippen molar-refractivity contribution < 1.29 is 23.4 Å². The molecule has 2 unspecified atom stereocenters. The van der Waals surface area contributed by atoms with Gasteiger partial charge in [-0.05, 0) is 19.8 Å². The number of halogens is 2. The largest absolute Gasteiger partial charge is 0.462 e. The van der Waals surface area contributed by atoms with Gasteiger partial charge in [0.15, 0.2) is 0 Å². The average Bonchev–Trinajstić information content (AvgIpc) is 2.84. The van der Waals surface area contributed by atoms with E-state index in [9.17, 15) is 18.7 Å². The van der Waals surface area contributed by atoms with E-state index < -0.39 is 30.2 Å². The van der Waals surface area contributed by atoms with Gasteiger partial charge in [0.25, 0.3) is 6.43 Å². The van der Waals surface area contributed by atoms with Crippen LogP contribution in [0.2, 0.25) is 0 Å². The molecule has 20 heavy (non-hydrogen) atoms. The zero-order valence-corrected chi connectivity index (χ0v) is 11.3. The van der Waals surface area contributed by atoms with Crippen LogP contribution in [0.3, 0.4) is 0 Å². The number of hydrogen-bond donors (Lipinski definition) is 1. The summed E-state index contributed by atoms with van der Waals surface area (Å²) in [6, 6.07) is -0.504. The van der Waals surface area contributed by atoms with E-state index in [1.54, 1.807) is 6.92 Å². The fourth-order valence-corrected chi connectivity index (χ4v) is 2.60. The molecule has 0 spiro atoms. The second-order valence-electron chi connectivity index (χ2n) is 4.83. The minimum absolute atomic E-state index is 0.110. The normalized spacial score (nSPS) is 23.1. The van der Waals surface area contributed by atoms with Crippen molar-refractivity contribution in [1.82, 2.24) is 9.78 Å². The molecule has 0 radical (unpaired) electrons. The third-order valence-electron chi connectivity index (χ3n) is 3.54. The Balaban J connectivity index is 2.36. The average molecular weight is 288 g/mol. The molecule has 1 aromatic heterocycles. The molecule has 5 nitrogen and oxygen atoms in total. The number of rotatable bonds is 4. The minimum atomic E-state index is -2.84. The fourth-order valence-electron chi connectivity index (χ4n) is 2.60. The van der Waals surface area contributed by atoms with Crippen LogP contribution in [0.15, 0.2) is 6.20 Å². The van der Waals surface area contributed by atoms with Gasteiger partial charge in [-0.15, -0.1) is 0 Å². The van der Waals surface area contributed by atoms with Crippen molar-refractivity contribution in [2.45, 2.75) is 51.2 Å². The summed E-state index contributed by atoms with van der Waals surface area (Å²) in [5.41, 5.74) is -0.686. The lowest BCUT2D eigenvalue weighted by molar-refractivity contribution is 0.0485. The van der Waals surface area contributed by atoms with Crippen LogP contribution in [-0.2, 0) is 4.74 Å². The van der Waals surface area contributed by atoms with Crippen molar-refractivity contribution in [2.75, 3.05) is 6.61 Å². The highest BCUT2D eigenvalue weighted by atomic mass is 19.3. The van der Waals surface area contributed by atoms with Crippen molar-refractivity contribution >= 4 is 5.97 Å². The topological polar surface area (TPSA) is 64.3 Å². The number of carbonyl (C=O) groups excluding carboxylic acids is 1. The number of aliphatic hydroxyl groups is 1. The van der Waals surface area contributed by atoms with Crippen molar-refractivity contribution in [3.05, 3.63) is 17.5 Å². The Morgan fingerprint density at radius 3 is 2.85 bits per heavy atom. The quantitative estimate of drug-likeness (QED) is 0.864. The zero-order valence-electron chi connectivity index (χ0n) is 11.3. The van der Waals surface area contributed by atoms with Gasteiger partial charge in [0.1, 0.15) is 11.3 Å². The summed E-state index contributed by atoms with van der Waals surface area (Å²) in [7, 11) is 0. The molecule has 1 aromatic rings. The molecule has 0 aliphatic heterocycles. The molecule has 1 N–H and O–H groups in total. The summed E-state index contributed by atoms with van der Waals surface area (Å²) in [6.45, 7) is 1.72. The molecule has 1 aliphatic rings. The molecule has 1 fully saturated rings. The summed E-state index contributed by atoms with van der Waals surface area (Å²) in [5.74, 6) is -0.806. The monoisotopic (exact) mass is 288 g/mol. The van der Waals surface area contributed by atoms with Crippen LogP contribution in [0, 0.1) is 0 Å². The highest BCUT2D eigenvalue weighted by Gasteiger charge is 2.33. The van der Waals surface area contributed by atoms with Gasteiger partial charge in [-0.3, -0.25) is 4.68 Å². The van der Waals surface area contributed by atoms with Gasteiger partial charge in [-0.1, -0.05) is 12.8 Å². The van der Waals surface area contributed by atoms with Gasteiger partial charge in [0.2, 0.25) is 0 Å². The molecule has 0 aromatic carbocycles. The molecule has 0 amide bonds. The molecule has 0 bridgehead atoms. The van der Waals surface area contributed by atoms with E-state index in [1.165, 1.54) is 0 Å². The lowest BCUT2D eigenvalue weighted by Gasteiger charge is -2.29. The van der Waals surface area contributed by atoms with Gasteiger partial charge in [-0.2, -0.15) is 5.10 Å². The van der Waals surface area contributed by atoms with E-state index in [-0.39, 0.29) is 12.2 Å². The maximum absolute atomic E-state index is 13.3. The van der Waals surface area contributed by atoms with Crippen LogP contribution < -0.4 is 0 Å². The fraction of sp³-hybridized carbons (Fsp3) is 0.692. The van der Waals surface area contributed by atoms with Gasteiger partial charge < -0.3 is 9.84 Å². The molecule has 7 heteroatoms. The number of carbonyl (C=O) groups is 1. The van der Waals surface area contributed by atoms with E-state index in [0.29, 0.717) is 12.8 Å². The van der Waals surface area contributed by atoms with Crippen LogP contribution in [0.5, 0.6) is 0 Å². The van der Waals surface area contributed by atoms with Crippen molar-refractivity contribution in [2.24, 2.45) is 0 Å². The Kier molecular flexibility index (Phi) is 4.69. The van der Waals surface area contributed by atoms with Crippen LogP contribution in [0.25, 0.3) is 0 Å². The van der Waals surface area contributed by atoms with Gasteiger partial charge >= 0.3 is 5.97 Å². The predicted octanol–water partition coefficient (Wildman–Crippen LogP) is 2.47. The predicted molar refractivity (Wildman–Crippen MR) is 66.7 cm³/mol. The number of alkyl halides is 2. The lowest BCUT2D eigenvalue weighted by atomic mass is 9.92. The molecule has 0 saturated heterocycles. The number of hydrogen-bond acceptors (Lipinski definition) is 4. The standard InChI is InChI=1S/C13H18F2N2O3/c1-2-20-13(19)8-7-16-17(11(8)12(14)15)9-5-3-4-6-10(9)18/h7,9-10,12,18H,2-6H2,1H3. The van der Waals surface area contributed by atoms with Crippen LogP contribution in [0.4, 0.5) is 8.78 Å². The van der Waals surface area contributed by atoms with Crippen molar-refractivity contribution in [3.8, 4) is 0 Å². The maximum Gasteiger partial charge on any atom is 0.341 e. The number of aliphatic hydroxyl groups excluding tert-OH is 1. The van der Waals surface area contributed by atoms with E-state index in [4.69, 9.17) is 4.74 Å². The molecule has 1 saturated carbocycles. The Labute approximate surface area is 115 Å². The summed E-state index contributed by atoms with van der Waals surface area (Å²) in [5, 5.41) is 13.8. The molecule has 2 rings (SSSR count). The maximum atomic E-state index is 13.3. The Morgan fingerprint density at radius 1 is 1.55 bits per heavy atom. The number of aromatic nitrogens is 2. The second kappa shape index (κ2) is 6.30. The second-order valence-corrected chi connectivity index (χ2v) is 4.83. The molecular weight excluding hydrogens is 270 g/mol. The highest BCUT2D eigenvalue weighted by molar-refractivity contribution is 5.90. The summed E-state index contributed by atoms with van der Waals surface area (Å²) < 4.78 is 32.4. The minimum Gasteiger partial charge on any atom is -0.462 e. The zero-order chi connectivity index (χ0) is 14.7. The SMILES string of the molecule is CCOC(=O)c1cnn(C2CCCCC2O)c1C(F)F. The summed E-state index contributed by atoms with van der Waals surface area (Å²) in [4.78, 5) is 11.7. The number of esters is 1. The first-order chi connectivity index (χ1) is 9.56. The van der Waals surface area contributed by atoms with Gasteiger partial charge in [0, 0.05) is 0 Å². The number of ether oxygens (including phenoxy) is 1. The first-order valence-electron chi connectivity index (χ1n) is 6.77. The van der Waals surface area contributed by atoms with E-state index >= 15 is 0 Å². The molecule has 1 heterocycles. The third-order valence-corrected chi connectivity index (χ3v) is 3.54. The smallest absolute Gasteiger partial charge is 0.341 e. The Bertz CT molecular complexity index is 476. The van der Waals surface area contributed by atoms with Crippen LogP contribution >= 0.6 is 0 Å². The van der Waals surface area contributed by atoms with Crippen LogP contribution in [0.1, 0.15) is 61.1 Å². The highest BCUT2D eigenvalue weighted by Crippen LogP contribution is 2.33. The Hall–Kier alpha value is -1.50.